The van der Waals surface area contributed by atoms with Gasteiger partial charge in [-0.2, -0.15) is 0 Å². The molecule has 0 spiro atoms. The summed E-state index contributed by atoms with van der Waals surface area (Å²) in [5.41, 5.74) is 7.05. The summed E-state index contributed by atoms with van der Waals surface area (Å²) in [5.74, 6) is 0. The minimum Gasteiger partial charge on any atom is -0.504 e. The maximum absolute atomic E-state index is 11.0. The van der Waals surface area contributed by atoms with Gasteiger partial charge in [0.1, 0.15) is 6.10 Å². The Balaban J connectivity index is 2.11. The number of hydrogen-bond donors (Lipinski definition) is 1. The summed E-state index contributed by atoms with van der Waals surface area (Å²) in [4.78, 5) is 0. The summed E-state index contributed by atoms with van der Waals surface area (Å²) in [5, 5.41) is 11.0. The molecule has 0 saturated carbocycles. The van der Waals surface area contributed by atoms with Gasteiger partial charge in [0.15, 0.2) is 0 Å². The van der Waals surface area contributed by atoms with Gasteiger partial charge >= 0.3 is 0 Å². The Morgan fingerprint density at radius 3 is 2.27 bits per heavy atom. The third kappa shape index (κ3) is 3.87. The second-order valence-electron chi connectivity index (χ2n) is 6.54. The lowest BCUT2D eigenvalue weighted by Gasteiger charge is -2.19. The van der Waals surface area contributed by atoms with Gasteiger partial charge in [0.2, 0.25) is 0 Å². The number of methoxy groups -OCH3 is 1. The molecule has 1 atom stereocenters. The van der Waals surface area contributed by atoms with Gasteiger partial charge in [-0.25, -0.2) is 0 Å². The second-order valence-corrected chi connectivity index (χ2v) is 6.54. The normalized spacial score (nSPS) is 12.7. The first-order valence-electron chi connectivity index (χ1n) is 8.74. The molecule has 0 aromatic heterocycles. The molecule has 132 valence electrons. The van der Waals surface area contributed by atoms with E-state index in [-0.39, 0.29) is 0 Å². The van der Waals surface area contributed by atoms with Gasteiger partial charge in [0, 0.05) is 5.57 Å². The van der Waals surface area contributed by atoms with Crippen molar-refractivity contribution in [2.75, 3.05) is 7.11 Å². The van der Waals surface area contributed by atoms with Gasteiger partial charge in [-0.1, -0.05) is 83.9 Å². The van der Waals surface area contributed by atoms with Gasteiger partial charge in [0.05, 0.1) is 13.4 Å². The Kier molecular flexibility index (Phi) is 5.55. The van der Waals surface area contributed by atoms with E-state index in [9.17, 15) is 5.11 Å². The highest BCUT2D eigenvalue weighted by Gasteiger charge is 2.18. The molecule has 0 bridgehead atoms. The molecule has 3 aromatic carbocycles. The molecular weight excluding hydrogens is 320 g/mol. The average molecular weight is 344 g/mol. The molecule has 3 aromatic rings. The quantitative estimate of drug-likeness (QED) is 0.626. The van der Waals surface area contributed by atoms with Crippen LogP contribution in [0.5, 0.6) is 0 Å². The lowest BCUT2D eigenvalue weighted by molar-refractivity contribution is 0.220. The summed E-state index contributed by atoms with van der Waals surface area (Å²) < 4.78 is 5.37. The fourth-order valence-electron chi connectivity index (χ4n) is 3.22. The molecular formula is C24H24O2. The van der Waals surface area contributed by atoms with Gasteiger partial charge < -0.3 is 9.84 Å². The van der Waals surface area contributed by atoms with Crippen LogP contribution in [0, 0.1) is 13.8 Å². The number of aliphatic hydroxyl groups excluding tert-OH is 1. The third-order valence-corrected chi connectivity index (χ3v) is 4.47. The first-order valence-corrected chi connectivity index (χ1v) is 8.74. The maximum atomic E-state index is 11.0. The lowest BCUT2D eigenvalue weighted by atomic mass is 9.89. The van der Waals surface area contributed by atoms with Crippen molar-refractivity contribution in [3.8, 4) is 0 Å². The van der Waals surface area contributed by atoms with Crippen molar-refractivity contribution in [3.05, 3.63) is 112 Å². The van der Waals surface area contributed by atoms with E-state index in [4.69, 9.17) is 4.74 Å². The summed E-state index contributed by atoms with van der Waals surface area (Å²) in [6.45, 7) is 4.10. The second kappa shape index (κ2) is 8.03. The van der Waals surface area contributed by atoms with Crippen LogP contribution < -0.4 is 0 Å². The number of aryl methyl sites for hydroxylation is 2. The molecule has 1 unspecified atom stereocenters. The minimum absolute atomic E-state index is 0.698. The first kappa shape index (κ1) is 18.0. The van der Waals surface area contributed by atoms with Crippen LogP contribution in [0.15, 0.2) is 79.1 Å². The van der Waals surface area contributed by atoms with E-state index >= 15 is 0 Å². The molecule has 0 aliphatic rings. The highest BCUT2D eigenvalue weighted by atomic mass is 16.5. The SMILES string of the molecule is CO/C=C(\c1cccc(C)c1)c1ccccc1C(O)c1cccc(C)c1. The van der Waals surface area contributed by atoms with Crippen molar-refractivity contribution < 1.29 is 9.84 Å². The molecule has 2 heteroatoms. The minimum atomic E-state index is -0.698. The number of rotatable bonds is 5. The molecule has 3 rings (SSSR count). The van der Waals surface area contributed by atoms with Crippen molar-refractivity contribution >= 4 is 5.57 Å². The largest absolute Gasteiger partial charge is 0.504 e. The van der Waals surface area contributed by atoms with Crippen LogP contribution in [0.25, 0.3) is 5.57 Å². The molecule has 0 heterocycles. The molecule has 26 heavy (non-hydrogen) atoms. The van der Waals surface area contributed by atoms with E-state index in [1.54, 1.807) is 13.4 Å². The summed E-state index contributed by atoms with van der Waals surface area (Å²) in [6.07, 6.45) is 1.05. The molecule has 0 saturated heterocycles. The van der Waals surface area contributed by atoms with Gasteiger partial charge in [-0.3, -0.25) is 0 Å². The average Bonchev–Trinajstić information content (AvgIpc) is 2.65. The monoisotopic (exact) mass is 344 g/mol. The molecule has 2 nitrogen and oxygen atoms in total. The van der Waals surface area contributed by atoms with E-state index in [0.29, 0.717) is 0 Å². The van der Waals surface area contributed by atoms with Crippen LogP contribution in [0.3, 0.4) is 0 Å². The number of ether oxygens (including phenoxy) is 1. The Hall–Kier alpha value is -2.84. The first-order chi connectivity index (χ1) is 12.6. The van der Waals surface area contributed by atoms with Crippen molar-refractivity contribution in [2.45, 2.75) is 20.0 Å². The molecule has 0 amide bonds. The Morgan fingerprint density at radius 1 is 0.885 bits per heavy atom. The smallest absolute Gasteiger partial charge is 0.105 e. The zero-order valence-electron chi connectivity index (χ0n) is 15.4. The van der Waals surface area contributed by atoms with Crippen molar-refractivity contribution in [1.29, 1.82) is 0 Å². The number of benzene rings is 3. The van der Waals surface area contributed by atoms with Gasteiger partial charge in [0.25, 0.3) is 0 Å². The van der Waals surface area contributed by atoms with Gasteiger partial charge in [-0.05, 0) is 36.1 Å². The predicted molar refractivity (Wildman–Crippen MR) is 107 cm³/mol. The molecule has 0 aliphatic heterocycles. The van der Waals surface area contributed by atoms with E-state index in [2.05, 4.69) is 25.1 Å². The molecule has 0 fully saturated rings. The van der Waals surface area contributed by atoms with Crippen LogP contribution >= 0.6 is 0 Å². The Morgan fingerprint density at radius 2 is 1.58 bits per heavy atom. The maximum Gasteiger partial charge on any atom is 0.105 e. The Bertz CT molecular complexity index is 925. The number of hydrogen-bond acceptors (Lipinski definition) is 2. The molecule has 0 aliphatic carbocycles. The Labute approximate surface area is 155 Å². The predicted octanol–water partition coefficient (Wildman–Crippen LogP) is 5.42. The van der Waals surface area contributed by atoms with E-state index in [1.165, 1.54) is 5.56 Å². The topological polar surface area (TPSA) is 29.5 Å². The number of aliphatic hydroxyl groups is 1. The fourth-order valence-corrected chi connectivity index (χ4v) is 3.22. The van der Waals surface area contributed by atoms with Crippen LogP contribution in [0.2, 0.25) is 0 Å². The summed E-state index contributed by atoms with van der Waals surface area (Å²) in [7, 11) is 1.65. The van der Waals surface area contributed by atoms with E-state index in [0.717, 1.165) is 33.4 Å². The van der Waals surface area contributed by atoms with Crippen molar-refractivity contribution in [1.82, 2.24) is 0 Å². The van der Waals surface area contributed by atoms with E-state index < -0.39 is 6.10 Å². The zero-order valence-corrected chi connectivity index (χ0v) is 15.4. The zero-order chi connectivity index (χ0) is 18.5. The fraction of sp³-hybridized carbons (Fsp3) is 0.167. The standard InChI is InChI=1S/C24H24O2/c1-17-8-6-10-19(14-17)23(16-26-3)21-12-4-5-13-22(21)24(25)20-11-7-9-18(2)15-20/h4-16,24-25H,1-3H3/b23-16+. The lowest BCUT2D eigenvalue weighted by Crippen LogP contribution is -2.05. The highest BCUT2D eigenvalue weighted by molar-refractivity contribution is 5.81. The van der Waals surface area contributed by atoms with Crippen molar-refractivity contribution in [3.63, 3.8) is 0 Å². The van der Waals surface area contributed by atoms with Crippen molar-refractivity contribution in [2.24, 2.45) is 0 Å². The van der Waals surface area contributed by atoms with Gasteiger partial charge in [-0.15, -0.1) is 0 Å². The third-order valence-electron chi connectivity index (χ3n) is 4.47. The van der Waals surface area contributed by atoms with Crippen LogP contribution in [-0.2, 0) is 4.74 Å². The van der Waals surface area contributed by atoms with Crippen LogP contribution in [-0.4, -0.2) is 12.2 Å². The van der Waals surface area contributed by atoms with E-state index in [1.807, 2.05) is 61.5 Å². The molecule has 0 radical (unpaired) electrons. The van der Waals surface area contributed by atoms with Crippen LogP contribution in [0.4, 0.5) is 0 Å². The molecule has 1 N–H and O–H groups in total. The summed E-state index contributed by atoms with van der Waals surface area (Å²) in [6, 6.07) is 24.2. The highest BCUT2D eigenvalue weighted by Crippen LogP contribution is 2.33. The summed E-state index contributed by atoms with van der Waals surface area (Å²) >= 11 is 0. The van der Waals surface area contributed by atoms with Crippen LogP contribution in [0.1, 0.15) is 39.5 Å².